The number of hydrogen-bond acceptors (Lipinski definition) is 8. The van der Waals surface area contributed by atoms with E-state index in [1.807, 2.05) is 0 Å². The highest BCUT2D eigenvalue weighted by Gasteiger charge is 2.21. The Bertz CT molecular complexity index is 754. The smallest absolute Gasteiger partial charge is 0.306 e. The van der Waals surface area contributed by atoms with Gasteiger partial charge in [0.05, 0.1) is 13.2 Å². The van der Waals surface area contributed by atoms with Gasteiger partial charge in [0.2, 0.25) is 0 Å². The predicted octanol–water partition coefficient (Wildman–Crippen LogP) is 9.15. The second-order valence-corrected chi connectivity index (χ2v) is 14.6. The molecule has 9 nitrogen and oxygen atoms in total. The largest absolute Gasteiger partial charge is 0.756 e. The van der Waals surface area contributed by atoms with Crippen LogP contribution in [0.4, 0.5) is 0 Å². The first-order valence-electron chi connectivity index (χ1n) is 19.6. The van der Waals surface area contributed by atoms with Gasteiger partial charge < -0.3 is 29.1 Å². The number of hydrogen-bond donors (Lipinski definition) is 1. The summed E-state index contributed by atoms with van der Waals surface area (Å²) in [5.41, 5.74) is 3.55. The molecule has 10 heteroatoms. The van der Waals surface area contributed by atoms with Gasteiger partial charge >= 0.3 is 11.9 Å². The summed E-state index contributed by atoms with van der Waals surface area (Å²) in [7, 11) is -4.57. The number of phosphoric ester groups is 1. The van der Waals surface area contributed by atoms with E-state index in [4.69, 9.17) is 18.5 Å². The summed E-state index contributed by atoms with van der Waals surface area (Å²) in [6, 6.07) is 0. The van der Waals surface area contributed by atoms with Crippen molar-refractivity contribution in [3.63, 3.8) is 0 Å². The lowest BCUT2D eigenvalue weighted by atomic mass is 10.0. The maximum atomic E-state index is 12.5. The maximum Gasteiger partial charge on any atom is 0.306 e. The molecule has 0 saturated carbocycles. The minimum atomic E-state index is -4.57. The van der Waals surface area contributed by atoms with E-state index in [2.05, 4.69) is 19.6 Å². The molecular weight excluding hydrogens is 617 g/mol. The van der Waals surface area contributed by atoms with E-state index in [1.54, 1.807) is 0 Å². The van der Waals surface area contributed by atoms with Gasteiger partial charge in [-0.15, -0.1) is 0 Å². The van der Waals surface area contributed by atoms with Crippen LogP contribution in [0.25, 0.3) is 0 Å². The molecule has 280 valence electrons. The minimum Gasteiger partial charge on any atom is -0.756 e. The number of rotatable bonds is 37. The number of phosphoric acid groups is 1. The van der Waals surface area contributed by atoms with E-state index in [0.29, 0.717) is 6.42 Å². The Kier molecular flexibility index (Phi) is 34.1. The van der Waals surface area contributed by atoms with Crippen LogP contribution in [0.5, 0.6) is 0 Å². The van der Waals surface area contributed by atoms with Gasteiger partial charge in [0.25, 0.3) is 7.82 Å². The van der Waals surface area contributed by atoms with Gasteiger partial charge in [0, 0.05) is 12.8 Å². The fourth-order valence-corrected chi connectivity index (χ4v) is 6.36. The van der Waals surface area contributed by atoms with E-state index < -0.39 is 26.5 Å². The van der Waals surface area contributed by atoms with Crippen molar-refractivity contribution in [2.75, 3.05) is 26.4 Å². The van der Waals surface area contributed by atoms with Crippen LogP contribution in [0.1, 0.15) is 194 Å². The fraction of sp³-hybridized carbons (Fsp3) is 0.946. The Morgan fingerprint density at radius 1 is 0.553 bits per heavy atom. The van der Waals surface area contributed by atoms with Crippen molar-refractivity contribution < 1.29 is 43.3 Å². The molecule has 0 aliphatic carbocycles. The SMILES string of the molecule is CCCCCCCCCCCCCCCC(=O)OC[C@H](COP(=O)([O-])OCC[NH3+])OC(=O)CCCCCCCCCCCCCCC. The van der Waals surface area contributed by atoms with E-state index in [1.165, 1.54) is 128 Å². The molecule has 0 fully saturated rings. The second-order valence-electron chi connectivity index (χ2n) is 13.2. The molecule has 0 amide bonds. The first kappa shape index (κ1) is 46.0. The van der Waals surface area contributed by atoms with Crippen LogP contribution < -0.4 is 10.6 Å². The lowest BCUT2D eigenvalue weighted by Crippen LogP contribution is -2.52. The Balaban J connectivity index is 4.18. The van der Waals surface area contributed by atoms with E-state index >= 15 is 0 Å². The molecule has 1 unspecified atom stereocenters. The summed E-state index contributed by atoms with van der Waals surface area (Å²) < 4.78 is 32.4. The molecule has 0 aliphatic rings. The number of carbonyl (C=O) groups excluding carboxylic acids is 2. The zero-order valence-electron chi connectivity index (χ0n) is 30.6. The quantitative estimate of drug-likeness (QED) is 0.0387. The average Bonchev–Trinajstić information content (AvgIpc) is 3.05. The van der Waals surface area contributed by atoms with Crippen LogP contribution in [-0.4, -0.2) is 44.4 Å². The molecule has 0 aromatic rings. The van der Waals surface area contributed by atoms with Crippen molar-refractivity contribution in [3.05, 3.63) is 0 Å². The van der Waals surface area contributed by atoms with E-state index in [-0.39, 0.29) is 38.6 Å². The zero-order valence-corrected chi connectivity index (χ0v) is 31.5. The number of quaternary nitrogens is 1. The summed E-state index contributed by atoms with van der Waals surface area (Å²) >= 11 is 0. The Labute approximate surface area is 288 Å². The molecule has 0 heterocycles. The van der Waals surface area contributed by atoms with Crippen LogP contribution in [0.3, 0.4) is 0 Å². The van der Waals surface area contributed by atoms with Gasteiger partial charge in [-0.25, -0.2) is 0 Å². The van der Waals surface area contributed by atoms with E-state index in [0.717, 1.165) is 32.1 Å². The summed E-state index contributed by atoms with van der Waals surface area (Å²) in [6.45, 7) is 3.94. The molecule has 0 rings (SSSR count). The molecule has 0 aromatic carbocycles. The first-order valence-corrected chi connectivity index (χ1v) is 21.0. The summed E-state index contributed by atoms with van der Waals surface area (Å²) in [5.74, 6) is -0.835. The van der Waals surface area contributed by atoms with Gasteiger partial charge in [-0.2, -0.15) is 0 Å². The Morgan fingerprint density at radius 3 is 1.30 bits per heavy atom. The molecule has 0 bridgehead atoms. The molecular formula is C37H74NO8P. The summed E-state index contributed by atoms with van der Waals surface area (Å²) in [5, 5.41) is 0. The van der Waals surface area contributed by atoms with Gasteiger partial charge in [-0.3, -0.25) is 14.2 Å². The Hall–Kier alpha value is -0.990. The van der Waals surface area contributed by atoms with Crippen molar-refractivity contribution in [3.8, 4) is 0 Å². The third-order valence-corrected chi connectivity index (χ3v) is 9.47. The molecule has 0 aromatic heterocycles. The predicted molar refractivity (Wildman–Crippen MR) is 189 cm³/mol. The monoisotopic (exact) mass is 692 g/mol. The summed E-state index contributed by atoms with van der Waals surface area (Å²) in [4.78, 5) is 36.8. The normalized spacial score (nSPS) is 13.4. The zero-order chi connectivity index (χ0) is 34.7. The number of unbranched alkanes of at least 4 members (excludes halogenated alkanes) is 24. The highest BCUT2D eigenvalue weighted by Crippen LogP contribution is 2.38. The van der Waals surface area contributed by atoms with Crippen LogP contribution in [0, 0.1) is 0 Å². The van der Waals surface area contributed by atoms with E-state index in [9.17, 15) is 19.0 Å². The van der Waals surface area contributed by atoms with Crippen molar-refractivity contribution >= 4 is 19.8 Å². The van der Waals surface area contributed by atoms with Gasteiger partial charge in [-0.1, -0.05) is 168 Å². The van der Waals surface area contributed by atoms with Crippen LogP contribution >= 0.6 is 7.82 Å². The first-order chi connectivity index (χ1) is 22.8. The van der Waals surface area contributed by atoms with Crippen LogP contribution in [-0.2, 0) is 32.7 Å². The van der Waals surface area contributed by atoms with Crippen molar-refractivity contribution in [2.24, 2.45) is 0 Å². The molecule has 0 spiro atoms. The topological polar surface area (TPSA) is 139 Å². The van der Waals surface area contributed by atoms with Crippen molar-refractivity contribution in [1.82, 2.24) is 0 Å². The number of carbonyl (C=O) groups is 2. The van der Waals surface area contributed by atoms with Crippen LogP contribution in [0.2, 0.25) is 0 Å². The molecule has 2 atom stereocenters. The number of ether oxygens (including phenoxy) is 2. The second kappa shape index (κ2) is 34.9. The van der Waals surface area contributed by atoms with Crippen molar-refractivity contribution in [1.29, 1.82) is 0 Å². The fourth-order valence-electron chi connectivity index (χ4n) is 5.58. The van der Waals surface area contributed by atoms with Gasteiger partial charge in [-0.05, 0) is 12.8 Å². The molecule has 3 N–H and O–H groups in total. The standard InChI is InChI=1S/C37H74NO8P/c1-3-5-7-9-11-13-15-17-19-21-23-25-27-29-36(39)43-33-35(34-45-47(41,42)44-32-31-38)46-37(40)30-28-26-24-22-20-18-16-14-12-10-8-6-4-2/h35H,3-34,38H2,1-2H3,(H,41,42)/t35-/m1/s1. The minimum absolute atomic E-state index is 0.0988. The summed E-state index contributed by atoms with van der Waals surface area (Å²) in [6.07, 6.45) is 31.2. The Morgan fingerprint density at radius 2 is 0.915 bits per heavy atom. The lowest BCUT2D eigenvalue weighted by molar-refractivity contribution is -0.373. The number of esters is 2. The third-order valence-electron chi connectivity index (χ3n) is 8.51. The lowest BCUT2D eigenvalue weighted by Gasteiger charge is -2.25. The highest BCUT2D eigenvalue weighted by atomic mass is 31.2. The maximum absolute atomic E-state index is 12.5. The molecule has 0 radical (unpaired) electrons. The van der Waals surface area contributed by atoms with Crippen LogP contribution in [0.15, 0.2) is 0 Å². The highest BCUT2D eigenvalue weighted by molar-refractivity contribution is 7.45. The average molecular weight is 692 g/mol. The van der Waals surface area contributed by atoms with Gasteiger partial charge in [0.15, 0.2) is 6.10 Å². The van der Waals surface area contributed by atoms with Gasteiger partial charge in [0.1, 0.15) is 13.2 Å². The third kappa shape index (κ3) is 34.7. The molecule has 0 aliphatic heterocycles. The molecule has 47 heavy (non-hydrogen) atoms. The molecule has 0 saturated heterocycles. The van der Waals surface area contributed by atoms with Crippen molar-refractivity contribution in [2.45, 2.75) is 200 Å².